The van der Waals surface area contributed by atoms with E-state index < -0.39 is 0 Å². The Hall–Kier alpha value is -1.38. The second kappa shape index (κ2) is 11.7. The number of nitrogens with zero attached hydrogens (tertiary/aromatic N) is 3. The van der Waals surface area contributed by atoms with Gasteiger partial charge in [0, 0.05) is 5.41 Å². The van der Waals surface area contributed by atoms with Crippen molar-refractivity contribution >= 4 is 0 Å². The molecule has 0 aliphatic rings. The van der Waals surface area contributed by atoms with Gasteiger partial charge in [-0.15, -0.1) is 6.58 Å². The fourth-order valence-corrected chi connectivity index (χ4v) is 1.78. The van der Waals surface area contributed by atoms with E-state index in [1.807, 2.05) is 38.5 Å². The lowest BCUT2D eigenvalue weighted by molar-refractivity contribution is 0.351. The molecule has 3 nitrogen and oxygen atoms in total. The molecule has 3 heteroatoms. The Morgan fingerprint density at radius 1 is 1.32 bits per heavy atom. The van der Waals surface area contributed by atoms with Crippen LogP contribution < -0.4 is 0 Å². The molecule has 0 spiro atoms. The van der Waals surface area contributed by atoms with Gasteiger partial charge in [0.1, 0.15) is 12.7 Å². The van der Waals surface area contributed by atoms with Crippen molar-refractivity contribution in [1.82, 2.24) is 14.8 Å². The van der Waals surface area contributed by atoms with Crippen LogP contribution in [0.15, 0.2) is 37.0 Å². The molecule has 0 aliphatic heterocycles. The average Bonchev–Trinajstić information content (AvgIpc) is 3.01. The van der Waals surface area contributed by atoms with Crippen molar-refractivity contribution in [3.05, 3.63) is 37.0 Å². The second-order valence-electron chi connectivity index (χ2n) is 3.78. The third-order valence-corrected chi connectivity index (χ3v) is 3.15. The lowest BCUT2D eigenvalue weighted by Crippen LogP contribution is -2.25. The van der Waals surface area contributed by atoms with Crippen LogP contribution in [0.3, 0.4) is 0 Å². The lowest BCUT2D eigenvalue weighted by atomic mass is 9.78. The number of hydrogen-bond donors (Lipinski definition) is 0. The van der Waals surface area contributed by atoms with Crippen LogP contribution in [0.1, 0.15) is 54.9 Å². The van der Waals surface area contributed by atoms with Gasteiger partial charge < -0.3 is 0 Å². The van der Waals surface area contributed by atoms with Gasteiger partial charge in [-0.25, -0.2) is 4.98 Å². The first kappa shape index (κ1) is 19.9. The molecule has 1 aromatic rings. The SMILES string of the molecule is C=CC(CC)(Cn1cncn1)/C(C)=C/C.CC.CC. The molecule has 0 saturated heterocycles. The van der Waals surface area contributed by atoms with Crippen LogP contribution in [-0.4, -0.2) is 14.8 Å². The van der Waals surface area contributed by atoms with Crippen molar-refractivity contribution < 1.29 is 0 Å². The summed E-state index contributed by atoms with van der Waals surface area (Å²) in [7, 11) is 0. The quantitative estimate of drug-likeness (QED) is 0.710. The van der Waals surface area contributed by atoms with E-state index in [0.717, 1.165) is 13.0 Å². The molecule has 110 valence electrons. The van der Waals surface area contributed by atoms with Crippen molar-refractivity contribution in [2.24, 2.45) is 5.41 Å². The van der Waals surface area contributed by atoms with Crippen LogP contribution >= 0.6 is 0 Å². The van der Waals surface area contributed by atoms with Crippen molar-refractivity contribution in [3.8, 4) is 0 Å². The molecule has 0 fully saturated rings. The maximum Gasteiger partial charge on any atom is 0.137 e. The fraction of sp³-hybridized carbons (Fsp3) is 0.625. The van der Waals surface area contributed by atoms with Gasteiger partial charge in [0.25, 0.3) is 0 Å². The maximum absolute atomic E-state index is 4.14. The molecule has 0 saturated carbocycles. The second-order valence-corrected chi connectivity index (χ2v) is 3.78. The van der Waals surface area contributed by atoms with Crippen molar-refractivity contribution in [2.75, 3.05) is 0 Å². The normalized spacial score (nSPS) is 13.3. The Kier molecular flexibility index (Phi) is 12.3. The van der Waals surface area contributed by atoms with E-state index in [1.54, 1.807) is 12.7 Å². The summed E-state index contributed by atoms with van der Waals surface area (Å²) in [6.07, 6.45) is 8.49. The maximum atomic E-state index is 4.14. The molecule has 0 radical (unpaired) electrons. The smallest absolute Gasteiger partial charge is 0.137 e. The van der Waals surface area contributed by atoms with Gasteiger partial charge in [-0.3, -0.25) is 4.68 Å². The van der Waals surface area contributed by atoms with Crippen LogP contribution in [0.2, 0.25) is 0 Å². The van der Waals surface area contributed by atoms with Gasteiger partial charge in [0.05, 0.1) is 6.54 Å². The Bertz CT molecular complexity index is 339. The summed E-state index contributed by atoms with van der Waals surface area (Å²) in [5, 5.41) is 4.14. The van der Waals surface area contributed by atoms with Crippen molar-refractivity contribution in [3.63, 3.8) is 0 Å². The molecule has 1 atom stereocenters. The highest BCUT2D eigenvalue weighted by atomic mass is 15.3. The van der Waals surface area contributed by atoms with Crippen LogP contribution in [0.5, 0.6) is 0 Å². The predicted molar refractivity (Wildman–Crippen MR) is 85.1 cm³/mol. The zero-order chi connectivity index (χ0) is 15.3. The summed E-state index contributed by atoms with van der Waals surface area (Å²) < 4.78 is 1.86. The first-order valence-corrected chi connectivity index (χ1v) is 7.28. The molecule has 1 rings (SSSR count). The summed E-state index contributed by atoms with van der Waals surface area (Å²) in [6, 6.07) is 0. The minimum Gasteiger partial charge on any atom is -0.252 e. The number of hydrogen-bond acceptors (Lipinski definition) is 2. The van der Waals surface area contributed by atoms with Crippen molar-refractivity contribution in [2.45, 2.75) is 61.4 Å². The highest BCUT2D eigenvalue weighted by Crippen LogP contribution is 2.34. The van der Waals surface area contributed by atoms with Gasteiger partial charge in [0.2, 0.25) is 0 Å². The third kappa shape index (κ3) is 5.86. The predicted octanol–water partition coefficient (Wildman–Crippen LogP) is 4.88. The molecule has 1 unspecified atom stereocenters. The Morgan fingerprint density at radius 3 is 2.21 bits per heavy atom. The summed E-state index contributed by atoms with van der Waals surface area (Å²) in [4.78, 5) is 3.96. The van der Waals surface area contributed by atoms with Crippen molar-refractivity contribution in [1.29, 1.82) is 0 Å². The molecule has 0 amide bonds. The van der Waals surface area contributed by atoms with E-state index in [2.05, 4.69) is 43.5 Å². The molecular formula is C16H31N3. The van der Waals surface area contributed by atoms with Gasteiger partial charge >= 0.3 is 0 Å². The highest BCUT2D eigenvalue weighted by Gasteiger charge is 2.26. The third-order valence-electron chi connectivity index (χ3n) is 3.15. The number of allylic oxidation sites excluding steroid dienone is 3. The van der Waals surface area contributed by atoms with Gasteiger partial charge in [-0.05, 0) is 20.3 Å². The van der Waals surface area contributed by atoms with Gasteiger partial charge in [0.15, 0.2) is 0 Å². The van der Waals surface area contributed by atoms with E-state index in [-0.39, 0.29) is 5.41 Å². The van der Waals surface area contributed by atoms with Crippen LogP contribution in [0.4, 0.5) is 0 Å². The summed E-state index contributed by atoms with van der Waals surface area (Å²) >= 11 is 0. The number of aromatic nitrogens is 3. The molecule has 19 heavy (non-hydrogen) atoms. The average molecular weight is 265 g/mol. The summed E-state index contributed by atoms with van der Waals surface area (Å²) in [5.74, 6) is 0. The Balaban J connectivity index is 0. The molecule has 1 aromatic heterocycles. The fourth-order valence-electron chi connectivity index (χ4n) is 1.78. The molecule has 0 aromatic carbocycles. The standard InChI is InChI=1S/C12H19N3.2C2H6/c1-5-11(4)12(6-2,7-3)8-15-10-13-9-14-15;2*1-2/h5-6,9-10H,2,7-8H2,1,3-4H3;2*1-2H3/b11-5+;;. The summed E-state index contributed by atoms with van der Waals surface area (Å²) in [5.41, 5.74) is 1.33. The topological polar surface area (TPSA) is 30.7 Å². The van der Waals surface area contributed by atoms with E-state index in [9.17, 15) is 0 Å². The minimum absolute atomic E-state index is 0.00243. The minimum atomic E-state index is 0.00243. The first-order chi connectivity index (χ1) is 9.18. The molecular weight excluding hydrogens is 234 g/mol. The van der Waals surface area contributed by atoms with Crippen LogP contribution in [-0.2, 0) is 6.54 Å². The van der Waals surface area contributed by atoms with Crippen LogP contribution in [0.25, 0.3) is 0 Å². The zero-order valence-corrected chi connectivity index (χ0v) is 13.8. The van der Waals surface area contributed by atoms with E-state index in [1.165, 1.54) is 5.57 Å². The Labute approximate surface area is 119 Å². The Morgan fingerprint density at radius 2 is 1.89 bits per heavy atom. The largest absolute Gasteiger partial charge is 0.252 e. The van der Waals surface area contributed by atoms with Gasteiger partial charge in [-0.1, -0.05) is 52.3 Å². The monoisotopic (exact) mass is 265 g/mol. The lowest BCUT2D eigenvalue weighted by Gasteiger charge is -2.30. The van der Waals surface area contributed by atoms with E-state index in [4.69, 9.17) is 0 Å². The van der Waals surface area contributed by atoms with Gasteiger partial charge in [-0.2, -0.15) is 5.10 Å². The number of rotatable bonds is 5. The zero-order valence-electron chi connectivity index (χ0n) is 13.8. The molecule has 0 bridgehead atoms. The first-order valence-electron chi connectivity index (χ1n) is 7.28. The molecule has 0 aliphatic carbocycles. The van der Waals surface area contributed by atoms with E-state index in [0.29, 0.717) is 0 Å². The van der Waals surface area contributed by atoms with E-state index >= 15 is 0 Å². The van der Waals surface area contributed by atoms with Crippen LogP contribution in [0, 0.1) is 5.41 Å². The molecule has 1 heterocycles. The molecule has 0 N–H and O–H groups in total. The summed E-state index contributed by atoms with van der Waals surface area (Å²) in [6.45, 7) is 19.1. The highest BCUT2D eigenvalue weighted by molar-refractivity contribution is 5.18.